The molecular weight excluding hydrogens is 224 g/mol. The van der Waals surface area contributed by atoms with Crippen LogP contribution in [0.1, 0.15) is 35.5 Å². The number of hydrogen-bond acceptors (Lipinski definition) is 2. The lowest BCUT2D eigenvalue weighted by Crippen LogP contribution is -2.15. The van der Waals surface area contributed by atoms with Crippen LogP contribution in [0, 0.1) is 0 Å². The van der Waals surface area contributed by atoms with Crippen LogP contribution in [0.2, 0.25) is 0 Å². The summed E-state index contributed by atoms with van der Waals surface area (Å²) in [5.41, 5.74) is 3.61. The molecule has 0 radical (unpaired) electrons. The lowest BCUT2D eigenvalue weighted by atomic mass is 10.1. The normalized spacial score (nSPS) is 14.7. The van der Waals surface area contributed by atoms with Crippen LogP contribution in [-0.2, 0) is 19.3 Å². The molecule has 3 rings (SSSR count). The van der Waals surface area contributed by atoms with Crippen LogP contribution in [0.3, 0.4) is 0 Å². The second-order valence-electron chi connectivity index (χ2n) is 4.85. The average molecular weight is 240 g/mol. The zero-order valence-corrected chi connectivity index (χ0v) is 10.4. The van der Waals surface area contributed by atoms with E-state index in [1.165, 1.54) is 11.1 Å². The van der Waals surface area contributed by atoms with E-state index in [1.54, 1.807) is 6.07 Å². The van der Waals surface area contributed by atoms with Crippen LogP contribution in [0.15, 0.2) is 35.1 Å². The monoisotopic (exact) mass is 240 g/mol. The molecule has 1 aliphatic rings. The zero-order chi connectivity index (χ0) is 12.5. The van der Waals surface area contributed by atoms with E-state index < -0.39 is 0 Å². The van der Waals surface area contributed by atoms with Gasteiger partial charge in [-0.1, -0.05) is 31.2 Å². The SMILES string of the molecule is CCc1cc(=O)[nH]c(C2Cc3ccccc3C2)n1. The van der Waals surface area contributed by atoms with E-state index in [-0.39, 0.29) is 5.56 Å². The Kier molecular flexibility index (Phi) is 2.74. The highest BCUT2D eigenvalue weighted by Gasteiger charge is 2.24. The molecule has 0 saturated heterocycles. The van der Waals surface area contributed by atoms with Gasteiger partial charge in [-0.15, -0.1) is 0 Å². The molecular formula is C15H16N2O. The van der Waals surface area contributed by atoms with Crippen molar-refractivity contribution in [1.82, 2.24) is 9.97 Å². The maximum atomic E-state index is 11.6. The molecule has 1 heterocycles. The number of rotatable bonds is 2. The predicted molar refractivity (Wildman–Crippen MR) is 70.8 cm³/mol. The third-order valence-electron chi connectivity index (χ3n) is 3.61. The van der Waals surface area contributed by atoms with Gasteiger partial charge < -0.3 is 4.98 Å². The fourth-order valence-corrected chi connectivity index (χ4v) is 2.66. The van der Waals surface area contributed by atoms with Gasteiger partial charge in [0.05, 0.1) is 0 Å². The zero-order valence-electron chi connectivity index (χ0n) is 10.4. The van der Waals surface area contributed by atoms with Gasteiger partial charge in [0.2, 0.25) is 0 Å². The van der Waals surface area contributed by atoms with Crippen molar-refractivity contribution in [3.8, 4) is 0 Å². The smallest absolute Gasteiger partial charge is 0.251 e. The Labute approximate surface area is 106 Å². The molecule has 3 heteroatoms. The van der Waals surface area contributed by atoms with Crippen LogP contribution in [0.25, 0.3) is 0 Å². The van der Waals surface area contributed by atoms with E-state index in [1.807, 2.05) is 6.92 Å². The molecule has 2 aromatic rings. The Bertz CT molecular complexity index is 605. The summed E-state index contributed by atoms with van der Waals surface area (Å²) in [5.74, 6) is 1.16. The van der Waals surface area contributed by atoms with Crippen molar-refractivity contribution in [1.29, 1.82) is 0 Å². The quantitative estimate of drug-likeness (QED) is 0.874. The van der Waals surface area contributed by atoms with Crippen LogP contribution in [0.4, 0.5) is 0 Å². The summed E-state index contributed by atoms with van der Waals surface area (Å²) < 4.78 is 0. The highest BCUT2D eigenvalue weighted by atomic mass is 16.1. The van der Waals surface area contributed by atoms with Gasteiger partial charge in [0.25, 0.3) is 5.56 Å². The van der Waals surface area contributed by atoms with E-state index in [4.69, 9.17) is 0 Å². The summed E-state index contributed by atoms with van der Waals surface area (Å²) in [7, 11) is 0. The lowest BCUT2D eigenvalue weighted by molar-refractivity contribution is 0.670. The molecule has 18 heavy (non-hydrogen) atoms. The number of nitrogens with zero attached hydrogens (tertiary/aromatic N) is 1. The van der Waals surface area contributed by atoms with Gasteiger partial charge in [0.15, 0.2) is 0 Å². The van der Waals surface area contributed by atoms with Gasteiger partial charge in [-0.25, -0.2) is 4.98 Å². The molecule has 3 nitrogen and oxygen atoms in total. The topological polar surface area (TPSA) is 45.8 Å². The number of nitrogens with one attached hydrogen (secondary N) is 1. The highest BCUT2D eigenvalue weighted by molar-refractivity contribution is 5.35. The molecule has 1 N–H and O–H groups in total. The molecule has 0 bridgehead atoms. The fourth-order valence-electron chi connectivity index (χ4n) is 2.66. The minimum absolute atomic E-state index is 0.0344. The van der Waals surface area contributed by atoms with E-state index >= 15 is 0 Å². The van der Waals surface area contributed by atoms with Gasteiger partial charge in [-0.3, -0.25) is 4.79 Å². The van der Waals surface area contributed by atoms with E-state index in [0.29, 0.717) is 5.92 Å². The maximum Gasteiger partial charge on any atom is 0.251 e. The summed E-state index contributed by atoms with van der Waals surface area (Å²) in [6.07, 6.45) is 2.76. The van der Waals surface area contributed by atoms with Crippen molar-refractivity contribution in [2.24, 2.45) is 0 Å². The number of aryl methyl sites for hydroxylation is 1. The fraction of sp³-hybridized carbons (Fsp3) is 0.333. The number of aromatic nitrogens is 2. The van der Waals surface area contributed by atoms with Crippen LogP contribution >= 0.6 is 0 Å². The van der Waals surface area contributed by atoms with Gasteiger partial charge in [0.1, 0.15) is 5.82 Å². The number of fused-ring (bicyclic) bond motifs is 1. The van der Waals surface area contributed by atoms with Crippen molar-refractivity contribution in [2.45, 2.75) is 32.1 Å². The molecule has 0 saturated carbocycles. The number of aromatic amines is 1. The summed E-state index contributed by atoms with van der Waals surface area (Å²) in [6.45, 7) is 2.02. The lowest BCUT2D eigenvalue weighted by Gasteiger charge is -2.09. The second kappa shape index (κ2) is 4.41. The molecule has 0 fully saturated rings. The molecule has 0 atom stereocenters. The van der Waals surface area contributed by atoms with E-state index in [2.05, 4.69) is 34.2 Å². The molecule has 0 amide bonds. The molecule has 0 unspecified atom stereocenters. The molecule has 1 aromatic heterocycles. The van der Waals surface area contributed by atoms with Crippen molar-refractivity contribution in [3.05, 3.63) is 63.3 Å². The number of benzene rings is 1. The van der Waals surface area contributed by atoms with Crippen molar-refractivity contribution < 1.29 is 0 Å². The summed E-state index contributed by atoms with van der Waals surface area (Å²) in [5, 5.41) is 0. The number of H-pyrrole nitrogens is 1. The van der Waals surface area contributed by atoms with Crippen LogP contribution in [0.5, 0.6) is 0 Å². The van der Waals surface area contributed by atoms with E-state index in [9.17, 15) is 4.79 Å². The van der Waals surface area contributed by atoms with Gasteiger partial charge in [-0.2, -0.15) is 0 Å². The van der Waals surface area contributed by atoms with Gasteiger partial charge in [-0.05, 0) is 30.4 Å². The first-order valence-electron chi connectivity index (χ1n) is 6.43. The van der Waals surface area contributed by atoms with Gasteiger partial charge in [0, 0.05) is 17.7 Å². The maximum absolute atomic E-state index is 11.6. The van der Waals surface area contributed by atoms with Crippen molar-refractivity contribution in [2.75, 3.05) is 0 Å². The Morgan fingerprint density at radius 3 is 2.56 bits per heavy atom. The Morgan fingerprint density at radius 1 is 1.28 bits per heavy atom. The van der Waals surface area contributed by atoms with Crippen LogP contribution in [-0.4, -0.2) is 9.97 Å². The number of hydrogen-bond donors (Lipinski definition) is 1. The van der Waals surface area contributed by atoms with E-state index in [0.717, 1.165) is 30.8 Å². The molecule has 1 aromatic carbocycles. The summed E-state index contributed by atoms with van der Waals surface area (Å²) >= 11 is 0. The first-order valence-corrected chi connectivity index (χ1v) is 6.43. The predicted octanol–water partition coefficient (Wildman–Crippen LogP) is 2.21. The van der Waals surface area contributed by atoms with Gasteiger partial charge >= 0.3 is 0 Å². The standard InChI is InChI=1S/C15H16N2O/c1-2-13-9-14(18)17-15(16-13)12-7-10-5-3-4-6-11(10)8-12/h3-6,9,12H,2,7-8H2,1H3,(H,16,17,18). The minimum atomic E-state index is -0.0344. The first kappa shape index (κ1) is 11.2. The van der Waals surface area contributed by atoms with Crippen molar-refractivity contribution >= 4 is 0 Å². The van der Waals surface area contributed by atoms with Crippen molar-refractivity contribution in [3.63, 3.8) is 0 Å². The second-order valence-corrected chi connectivity index (χ2v) is 4.85. The first-order chi connectivity index (χ1) is 8.76. The third-order valence-corrected chi connectivity index (χ3v) is 3.61. The summed E-state index contributed by atoms with van der Waals surface area (Å²) in [4.78, 5) is 19.1. The molecule has 0 spiro atoms. The largest absolute Gasteiger partial charge is 0.310 e. The minimum Gasteiger partial charge on any atom is -0.310 e. The molecule has 92 valence electrons. The summed E-state index contributed by atoms with van der Waals surface area (Å²) in [6, 6.07) is 10.1. The Balaban J connectivity index is 1.95. The Morgan fingerprint density at radius 2 is 1.94 bits per heavy atom. The third kappa shape index (κ3) is 1.96. The molecule has 1 aliphatic carbocycles. The highest BCUT2D eigenvalue weighted by Crippen LogP contribution is 2.31. The Hall–Kier alpha value is -1.90. The average Bonchev–Trinajstić information content (AvgIpc) is 2.81. The molecule has 0 aliphatic heterocycles. The van der Waals surface area contributed by atoms with Crippen LogP contribution < -0.4 is 5.56 Å².